The molecule has 2 amide bonds. The molecule has 2 atom stereocenters. The number of nitrogens with one attached hydrogen (secondary N) is 1. The van der Waals surface area contributed by atoms with Crippen LogP contribution >= 0.6 is 11.6 Å². The number of methoxy groups -OCH3 is 2. The molecule has 2 fully saturated rings. The molecule has 2 unspecified atom stereocenters. The van der Waals surface area contributed by atoms with Gasteiger partial charge < -0.3 is 29.3 Å². The minimum Gasteiger partial charge on any atom is -0.493 e. The minimum absolute atomic E-state index is 0.0350. The molecule has 2 aliphatic rings. The number of amides is 2. The van der Waals surface area contributed by atoms with Crippen LogP contribution in [0.15, 0.2) is 42.5 Å². The molecule has 1 saturated heterocycles. The molecule has 8 nitrogen and oxygen atoms in total. The summed E-state index contributed by atoms with van der Waals surface area (Å²) < 4.78 is 16.5. The lowest BCUT2D eigenvalue weighted by Gasteiger charge is -2.34. The summed E-state index contributed by atoms with van der Waals surface area (Å²) in [5.74, 6) is 1.49. The lowest BCUT2D eigenvalue weighted by molar-refractivity contribution is -0.131. The highest BCUT2D eigenvalue weighted by Crippen LogP contribution is 2.35. The van der Waals surface area contributed by atoms with E-state index < -0.39 is 0 Å². The van der Waals surface area contributed by atoms with E-state index in [1.54, 1.807) is 26.4 Å². The van der Waals surface area contributed by atoms with Crippen LogP contribution < -0.4 is 14.8 Å². The largest absolute Gasteiger partial charge is 0.493 e. The first-order valence-electron chi connectivity index (χ1n) is 14.7. The van der Waals surface area contributed by atoms with Crippen molar-refractivity contribution in [1.29, 1.82) is 0 Å². The Labute approximate surface area is 249 Å². The molecule has 2 aromatic rings. The third kappa shape index (κ3) is 8.37. The number of hydrogen-bond acceptors (Lipinski definition) is 6. The van der Waals surface area contributed by atoms with Crippen LogP contribution in [0.3, 0.4) is 0 Å². The number of benzene rings is 2. The summed E-state index contributed by atoms with van der Waals surface area (Å²) in [6.07, 6.45) is 3.26. The van der Waals surface area contributed by atoms with Crippen molar-refractivity contribution in [2.75, 3.05) is 53.6 Å². The van der Waals surface area contributed by atoms with Crippen molar-refractivity contribution in [1.82, 2.24) is 15.1 Å². The third-order valence-electron chi connectivity index (χ3n) is 7.97. The van der Waals surface area contributed by atoms with E-state index in [1.165, 1.54) is 0 Å². The Morgan fingerprint density at radius 3 is 2.34 bits per heavy atom. The predicted octanol–water partition coefficient (Wildman–Crippen LogP) is 4.68. The molecule has 1 aliphatic heterocycles. The van der Waals surface area contributed by atoms with Crippen LogP contribution in [-0.4, -0.2) is 87.3 Å². The summed E-state index contributed by atoms with van der Waals surface area (Å²) in [5, 5.41) is 3.85. The third-order valence-corrected chi connectivity index (χ3v) is 8.28. The van der Waals surface area contributed by atoms with Crippen LogP contribution in [0, 0.1) is 11.8 Å². The monoisotopic (exact) mass is 585 g/mol. The van der Waals surface area contributed by atoms with Crippen molar-refractivity contribution in [3.05, 3.63) is 58.6 Å². The van der Waals surface area contributed by atoms with Gasteiger partial charge in [-0.1, -0.05) is 41.9 Å². The number of ether oxygens (including phenoxy) is 3. The van der Waals surface area contributed by atoms with Crippen LogP contribution in [-0.2, 0) is 16.0 Å². The average molecular weight is 586 g/mol. The zero-order valence-corrected chi connectivity index (χ0v) is 25.5. The van der Waals surface area contributed by atoms with Gasteiger partial charge in [-0.3, -0.25) is 9.59 Å². The van der Waals surface area contributed by atoms with Gasteiger partial charge in [-0.2, -0.15) is 0 Å². The highest BCUT2D eigenvalue weighted by Gasteiger charge is 2.38. The van der Waals surface area contributed by atoms with Crippen molar-refractivity contribution in [3.63, 3.8) is 0 Å². The molecule has 0 aromatic heterocycles. The van der Waals surface area contributed by atoms with E-state index in [9.17, 15) is 9.59 Å². The molecule has 0 spiro atoms. The highest BCUT2D eigenvalue weighted by atomic mass is 35.5. The topological polar surface area (TPSA) is 80.3 Å². The first-order valence-corrected chi connectivity index (χ1v) is 15.0. The second kappa shape index (κ2) is 14.9. The Balaban J connectivity index is 1.46. The summed E-state index contributed by atoms with van der Waals surface area (Å²) in [5.41, 5.74) is 1.43. The number of nitrogens with zero attached hydrogens (tertiary/aromatic N) is 2. The fourth-order valence-corrected chi connectivity index (χ4v) is 5.71. The lowest BCUT2D eigenvalue weighted by Crippen LogP contribution is -2.45. The first kappa shape index (κ1) is 31.1. The molecule has 1 aliphatic carbocycles. The molecule has 0 radical (unpaired) electrons. The van der Waals surface area contributed by atoms with Crippen molar-refractivity contribution in [2.45, 2.75) is 51.6 Å². The van der Waals surface area contributed by atoms with Gasteiger partial charge in [0.05, 0.1) is 30.7 Å². The van der Waals surface area contributed by atoms with E-state index in [-0.39, 0.29) is 29.7 Å². The molecule has 1 N–H and O–H groups in total. The maximum atomic E-state index is 13.9. The SMILES string of the molecule is COCCCOc1cc(C(=O)N(CC2CNCC2CN(C(=O)Cc2ccccc2)C2CC2)C(C)C)c(Cl)cc1OC. The fourth-order valence-electron chi connectivity index (χ4n) is 5.47. The number of carbonyl (C=O) groups excluding carboxylic acids is 2. The van der Waals surface area contributed by atoms with E-state index in [4.69, 9.17) is 25.8 Å². The zero-order valence-electron chi connectivity index (χ0n) is 24.7. The van der Waals surface area contributed by atoms with Gasteiger partial charge in [-0.15, -0.1) is 0 Å². The van der Waals surface area contributed by atoms with Gasteiger partial charge in [0.15, 0.2) is 11.5 Å². The molecule has 2 aromatic carbocycles. The molecule has 1 saturated carbocycles. The summed E-state index contributed by atoms with van der Waals surface area (Å²) in [6.45, 7) is 7.97. The Morgan fingerprint density at radius 2 is 1.71 bits per heavy atom. The normalized spacial score (nSPS) is 18.4. The van der Waals surface area contributed by atoms with Crippen molar-refractivity contribution in [3.8, 4) is 11.5 Å². The zero-order chi connectivity index (χ0) is 29.4. The van der Waals surface area contributed by atoms with Crippen molar-refractivity contribution in [2.24, 2.45) is 11.8 Å². The molecule has 224 valence electrons. The van der Waals surface area contributed by atoms with Gasteiger partial charge in [0.2, 0.25) is 5.91 Å². The average Bonchev–Trinajstić information content (AvgIpc) is 3.71. The smallest absolute Gasteiger partial charge is 0.255 e. The van der Waals surface area contributed by atoms with Crippen LogP contribution in [0.4, 0.5) is 0 Å². The van der Waals surface area contributed by atoms with Gasteiger partial charge in [0, 0.05) is 64.5 Å². The maximum absolute atomic E-state index is 13.9. The predicted molar refractivity (Wildman–Crippen MR) is 161 cm³/mol. The Bertz CT molecular complexity index is 1160. The Kier molecular flexibility index (Phi) is 11.3. The van der Waals surface area contributed by atoms with Crippen LogP contribution in [0.5, 0.6) is 11.5 Å². The van der Waals surface area contributed by atoms with Gasteiger partial charge in [-0.05, 0) is 50.2 Å². The summed E-state index contributed by atoms with van der Waals surface area (Å²) in [4.78, 5) is 31.2. The van der Waals surface area contributed by atoms with E-state index >= 15 is 0 Å². The van der Waals surface area contributed by atoms with Gasteiger partial charge in [0.1, 0.15) is 0 Å². The second-order valence-electron chi connectivity index (χ2n) is 11.3. The number of hydrogen-bond donors (Lipinski definition) is 1. The Morgan fingerprint density at radius 1 is 1.00 bits per heavy atom. The van der Waals surface area contributed by atoms with Gasteiger partial charge in [0.25, 0.3) is 5.91 Å². The van der Waals surface area contributed by atoms with Crippen LogP contribution in [0.1, 0.15) is 49.0 Å². The van der Waals surface area contributed by atoms with E-state index in [1.807, 2.05) is 49.1 Å². The highest BCUT2D eigenvalue weighted by molar-refractivity contribution is 6.34. The number of halogens is 1. The quantitative estimate of drug-likeness (QED) is 0.306. The van der Waals surface area contributed by atoms with Gasteiger partial charge in [-0.25, -0.2) is 0 Å². The molecule has 0 bridgehead atoms. The van der Waals surface area contributed by atoms with Crippen LogP contribution in [0.2, 0.25) is 5.02 Å². The lowest BCUT2D eigenvalue weighted by atomic mass is 9.93. The van der Waals surface area contributed by atoms with Gasteiger partial charge >= 0.3 is 0 Å². The second-order valence-corrected chi connectivity index (χ2v) is 11.8. The molecular formula is C32H44ClN3O5. The van der Waals surface area contributed by atoms with E-state index in [0.29, 0.717) is 67.3 Å². The molecule has 41 heavy (non-hydrogen) atoms. The molecular weight excluding hydrogens is 542 g/mol. The van der Waals surface area contributed by atoms with Crippen molar-refractivity contribution >= 4 is 23.4 Å². The number of carbonyl (C=O) groups is 2. The molecule has 4 rings (SSSR count). The molecule has 1 heterocycles. The first-order chi connectivity index (χ1) is 19.8. The maximum Gasteiger partial charge on any atom is 0.255 e. The molecule has 9 heteroatoms. The van der Waals surface area contributed by atoms with E-state index in [0.717, 1.165) is 31.5 Å². The summed E-state index contributed by atoms with van der Waals surface area (Å²) in [6, 6.07) is 13.6. The fraction of sp³-hybridized carbons (Fsp3) is 0.562. The van der Waals surface area contributed by atoms with Crippen LogP contribution in [0.25, 0.3) is 0 Å². The summed E-state index contributed by atoms with van der Waals surface area (Å²) >= 11 is 6.61. The van der Waals surface area contributed by atoms with E-state index in [2.05, 4.69) is 10.2 Å². The Hall–Kier alpha value is -2.81. The van der Waals surface area contributed by atoms with Crippen molar-refractivity contribution < 1.29 is 23.8 Å². The minimum atomic E-state index is -0.140. The summed E-state index contributed by atoms with van der Waals surface area (Å²) in [7, 11) is 3.20. The standard InChI is InChI=1S/C32H44ClN3O5/c1-22(2)35(32(38)27-16-30(41-14-8-13-39-3)29(40-4)17-28(27)33)20-24-18-34-19-25(24)21-36(26-11-12-26)31(37)15-23-9-6-5-7-10-23/h5-7,9-10,16-17,22,24-26,34H,8,11-15,18-21H2,1-4H3. The number of rotatable bonds is 15.